The van der Waals surface area contributed by atoms with Gasteiger partial charge in [0.25, 0.3) is 0 Å². The first-order valence-corrected chi connectivity index (χ1v) is 10.6. The van der Waals surface area contributed by atoms with Crippen LogP contribution in [0.25, 0.3) is 0 Å². The summed E-state index contributed by atoms with van der Waals surface area (Å²) in [5.41, 5.74) is 2.53. The van der Waals surface area contributed by atoms with E-state index >= 15 is 0 Å². The molecule has 1 unspecified atom stereocenters. The number of hydrogen-bond acceptors (Lipinski definition) is 2. The van der Waals surface area contributed by atoms with E-state index < -0.39 is 0 Å². The van der Waals surface area contributed by atoms with E-state index in [0.717, 1.165) is 36.6 Å². The van der Waals surface area contributed by atoms with Gasteiger partial charge in [-0.1, -0.05) is 31.9 Å². The molecule has 0 aliphatic heterocycles. The molecule has 5 aliphatic rings. The van der Waals surface area contributed by atoms with Crippen molar-refractivity contribution in [2.45, 2.75) is 96.2 Å². The summed E-state index contributed by atoms with van der Waals surface area (Å²) in [5, 5.41) is 14.4. The second kappa shape index (κ2) is 5.33. The summed E-state index contributed by atoms with van der Waals surface area (Å²) >= 11 is 0. The molecule has 2 nitrogen and oxygen atoms in total. The van der Waals surface area contributed by atoms with Crippen LogP contribution in [0, 0.1) is 28.6 Å². The Labute approximate surface area is 147 Å². The van der Waals surface area contributed by atoms with Crippen LogP contribution in [0.15, 0.2) is 11.6 Å². The number of allylic oxidation sites excluding steroid dienone is 1. The fourth-order valence-corrected chi connectivity index (χ4v) is 7.51. The average Bonchev–Trinajstić information content (AvgIpc) is 3.26. The van der Waals surface area contributed by atoms with Crippen LogP contribution in [0.3, 0.4) is 0 Å². The second-order valence-corrected chi connectivity index (χ2v) is 10.3. The van der Waals surface area contributed by atoms with E-state index in [1.807, 2.05) is 0 Å². The van der Waals surface area contributed by atoms with Gasteiger partial charge in [0.15, 0.2) is 0 Å². The van der Waals surface area contributed by atoms with Gasteiger partial charge in [0.2, 0.25) is 0 Å². The predicted octanol–water partition coefficient (Wildman–Crippen LogP) is 4.43. The lowest BCUT2D eigenvalue weighted by Crippen LogP contribution is -2.59. The Morgan fingerprint density at radius 1 is 1.08 bits per heavy atom. The van der Waals surface area contributed by atoms with Gasteiger partial charge in [-0.05, 0) is 81.0 Å². The fraction of sp³-hybridized carbons (Fsp3) is 0.909. The number of aliphatic hydroxyl groups is 1. The molecule has 0 aromatic heterocycles. The van der Waals surface area contributed by atoms with Crippen molar-refractivity contribution in [1.82, 2.24) is 5.32 Å². The summed E-state index contributed by atoms with van der Waals surface area (Å²) in [6.45, 7) is 5.16. The maximum Gasteiger partial charge on any atom is 0.0592 e. The molecule has 0 aromatic rings. The first-order chi connectivity index (χ1) is 11.5. The standard InChI is InChI=1S/C22H35NO/c1-21-10-3-4-18(21)17-8-5-14-12-16(24)13-20(23-15-6-7-15)22(14,2)19(17)9-11-21/h5,15-20,23-24H,3-4,6-13H2,1-2H3/t16-,17+,18+,19+,20?,21+,22+/m1/s1. The molecule has 2 heteroatoms. The van der Waals surface area contributed by atoms with Crippen LogP contribution < -0.4 is 5.32 Å². The Balaban J connectivity index is 1.50. The van der Waals surface area contributed by atoms with E-state index in [2.05, 4.69) is 25.2 Å². The molecule has 0 heterocycles. The molecule has 134 valence electrons. The van der Waals surface area contributed by atoms with Crippen LogP contribution in [-0.2, 0) is 0 Å². The summed E-state index contributed by atoms with van der Waals surface area (Å²) < 4.78 is 0. The lowest BCUT2D eigenvalue weighted by Gasteiger charge is -2.60. The summed E-state index contributed by atoms with van der Waals surface area (Å²) in [7, 11) is 0. The molecule has 5 aliphatic carbocycles. The van der Waals surface area contributed by atoms with Gasteiger partial charge in [-0.3, -0.25) is 0 Å². The number of nitrogens with one attached hydrogen (secondary N) is 1. The van der Waals surface area contributed by atoms with E-state index in [0.29, 0.717) is 16.9 Å². The van der Waals surface area contributed by atoms with Crippen LogP contribution >= 0.6 is 0 Å². The van der Waals surface area contributed by atoms with Gasteiger partial charge in [0, 0.05) is 17.5 Å². The minimum absolute atomic E-state index is 0.127. The zero-order valence-corrected chi connectivity index (χ0v) is 15.6. The van der Waals surface area contributed by atoms with E-state index in [1.54, 1.807) is 5.57 Å². The molecule has 0 spiro atoms. The zero-order valence-electron chi connectivity index (χ0n) is 15.6. The first kappa shape index (κ1) is 15.9. The van der Waals surface area contributed by atoms with Crippen molar-refractivity contribution in [3.63, 3.8) is 0 Å². The Morgan fingerprint density at radius 3 is 2.71 bits per heavy atom. The highest BCUT2D eigenvalue weighted by Gasteiger charge is 2.58. The monoisotopic (exact) mass is 329 g/mol. The Kier molecular flexibility index (Phi) is 3.53. The lowest BCUT2D eigenvalue weighted by molar-refractivity contribution is -0.0518. The minimum atomic E-state index is -0.127. The van der Waals surface area contributed by atoms with E-state index in [9.17, 15) is 5.11 Å². The number of aliphatic hydroxyl groups excluding tert-OH is 1. The Morgan fingerprint density at radius 2 is 1.92 bits per heavy atom. The van der Waals surface area contributed by atoms with Crippen molar-refractivity contribution in [1.29, 1.82) is 0 Å². The lowest BCUT2D eigenvalue weighted by atomic mass is 9.47. The summed E-state index contributed by atoms with van der Waals surface area (Å²) in [4.78, 5) is 0. The second-order valence-electron chi connectivity index (χ2n) is 10.3. The van der Waals surface area contributed by atoms with Gasteiger partial charge < -0.3 is 10.4 Å². The maximum absolute atomic E-state index is 10.5. The maximum atomic E-state index is 10.5. The highest BCUT2D eigenvalue weighted by Crippen LogP contribution is 2.64. The van der Waals surface area contributed by atoms with Crippen molar-refractivity contribution in [3.05, 3.63) is 11.6 Å². The van der Waals surface area contributed by atoms with E-state index in [-0.39, 0.29) is 6.10 Å². The van der Waals surface area contributed by atoms with Crippen LogP contribution in [0.5, 0.6) is 0 Å². The first-order valence-electron chi connectivity index (χ1n) is 10.6. The molecule has 4 saturated carbocycles. The molecule has 0 radical (unpaired) electrons. The average molecular weight is 330 g/mol. The molecule has 7 atom stereocenters. The van der Waals surface area contributed by atoms with Gasteiger partial charge in [-0.25, -0.2) is 0 Å². The molecule has 0 amide bonds. The molecular formula is C22H35NO. The van der Waals surface area contributed by atoms with Crippen LogP contribution in [0.2, 0.25) is 0 Å². The zero-order chi connectivity index (χ0) is 16.5. The number of hydrogen-bond donors (Lipinski definition) is 2. The van der Waals surface area contributed by atoms with Gasteiger partial charge in [-0.2, -0.15) is 0 Å². The summed E-state index contributed by atoms with van der Waals surface area (Å²) in [6, 6.07) is 1.23. The predicted molar refractivity (Wildman–Crippen MR) is 97.7 cm³/mol. The number of rotatable bonds is 2. The van der Waals surface area contributed by atoms with Gasteiger partial charge in [0.05, 0.1) is 6.10 Å². The van der Waals surface area contributed by atoms with Crippen molar-refractivity contribution >= 4 is 0 Å². The van der Waals surface area contributed by atoms with Crippen molar-refractivity contribution in [3.8, 4) is 0 Å². The van der Waals surface area contributed by atoms with E-state index in [1.165, 1.54) is 51.4 Å². The third-order valence-corrected chi connectivity index (χ3v) is 9.02. The SMILES string of the molecule is C[C@@]12CCC[C@H]1[C@@H]1CC=C3C[C@@H](O)CC(NC4CC4)[C@]3(C)[C@H]1CC2. The molecule has 0 bridgehead atoms. The third kappa shape index (κ3) is 2.21. The van der Waals surface area contributed by atoms with Crippen molar-refractivity contribution in [2.24, 2.45) is 28.6 Å². The molecule has 5 rings (SSSR count). The Bertz CT molecular complexity index is 550. The van der Waals surface area contributed by atoms with Crippen molar-refractivity contribution < 1.29 is 5.11 Å². The van der Waals surface area contributed by atoms with Crippen LogP contribution in [0.1, 0.15) is 78.1 Å². The van der Waals surface area contributed by atoms with Gasteiger partial charge in [0.1, 0.15) is 0 Å². The smallest absolute Gasteiger partial charge is 0.0592 e. The molecular weight excluding hydrogens is 294 g/mol. The fourth-order valence-electron chi connectivity index (χ4n) is 7.51. The summed E-state index contributed by atoms with van der Waals surface area (Å²) in [6.07, 6.45) is 15.6. The topological polar surface area (TPSA) is 32.3 Å². The Hall–Kier alpha value is -0.340. The van der Waals surface area contributed by atoms with Gasteiger partial charge >= 0.3 is 0 Å². The highest BCUT2D eigenvalue weighted by atomic mass is 16.3. The third-order valence-electron chi connectivity index (χ3n) is 9.02. The molecule has 2 N–H and O–H groups in total. The van der Waals surface area contributed by atoms with E-state index in [4.69, 9.17) is 0 Å². The largest absolute Gasteiger partial charge is 0.393 e. The molecule has 0 saturated heterocycles. The normalized spacial score (nSPS) is 53.8. The van der Waals surface area contributed by atoms with Gasteiger partial charge in [-0.15, -0.1) is 0 Å². The summed E-state index contributed by atoms with van der Waals surface area (Å²) in [5.74, 6) is 2.70. The van der Waals surface area contributed by atoms with Crippen LogP contribution in [0.4, 0.5) is 0 Å². The minimum Gasteiger partial charge on any atom is -0.393 e. The van der Waals surface area contributed by atoms with Crippen LogP contribution in [-0.4, -0.2) is 23.3 Å². The highest BCUT2D eigenvalue weighted by molar-refractivity contribution is 5.28. The quantitative estimate of drug-likeness (QED) is 0.735. The van der Waals surface area contributed by atoms with Crippen molar-refractivity contribution in [2.75, 3.05) is 0 Å². The number of fused-ring (bicyclic) bond motifs is 5. The molecule has 0 aromatic carbocycles. The molecule has 4 fully saturated rings. The molecule has 24 heavy (non-hydrogen) atoms.